The molecule has 0 radical (unpaired) electrons. The summed E-state index contributed by atoms with van der Waals surface area (Å²) in [6.07, 6.45) is 0.289. The summed E-state index contributed by atoms with van der Waals surface area (Å²) >= 11 is 0. The first-order valence-corrected chi connectivity index (χ1v) is 14.2. The number of imidazole rings is 1. The van der Waals surface area contributed by atoms with Gasteiger partial charge in [0.1, 0.15) is 17.7 Å². The lowest BCUT2D eigenvalue weighted by atomic mass is 10.2. The normalized spacial score (nSPS) is 15.5. The average molecular weight is 565 g/mol. The average Bonchev–Trinajstić information content (AvgIpc) is 3.20. The van der Waals surface area contributed by atoms with Crippen molar-refractivity contribution in [1.29, 1.82) is 0 Å². The molecule has 0 saturated carbocycles. The Balaban J connectivity index is 0.000000631. The van der Waals surface area contributed by atoms with Gasteiger partial charge >= 0.3 is 5.97 Å². The van der Waals surface area contributed by atoms with Crippen molar-refractivity contribution < 1.29 is 28.2 Å². The molecule has 1 aliphatic rings. The minimum atomic E-state index is -3.70. The molecular formula is C25H36N6O7S. The lowest BCUT2D eigenvalue weighted by Gasteiger charge is -2.31. The summed E-state index contributed by atoms with van der Waals surface area (Å²) in [5.41, 5.74) is 1.08. The summed E-state index contributed by atoms with van der Waals surface area (Å²) in [5, 5.41) is 20.4. The molecule has 0 spiro atoms. The number of hydrogen-bond acceptors (Lipinski definition) is 9. The van der Waals surface area contributed by atoms with E-state index in [4.69, 9.17) is 14.9 Å². The van der Waals surface area contributed by atoms with Crippen molar-refractivity contribution in [3.05, 3.63) is 40.1 Å². The second-order valence-corrected chi connectivity index (χ2v) is 11.2. The van der Waals surface area contributed by atoms with Crippen LogP contribution in [0.1, 0.15) is 38.7 Å². The number of rotatable bonds is 8. The van der Waals surface area contributed by atoms with Crippen molar-refractivity contribution in [2.45, 2.75) is 51.5 Å². The number of ether oxygens (including phenoxy) is 1. The highest BCUT2D eigenvalue weighted by molar-refractivity contribution is 7.89. The number of H-pyrrole nitrogens is 1. The monoisotopic (exact) mass is 564 g/mol. The van der Waals surface area contributed by atoms with Gasteiger partial charge in [0, 0.05) is 32.6 Å². The van der Waals surface area contributed by atoms with Crippen LogP contribution in [0.4, 0.5) is 0 Å². The van der Waals surface area contributed by atoms with Gasteiger partial charge in [-0.2, -0.15) is 4.31 Å². The van der Waals surface area contributed by atoms with E-state index in [2.05, 4.69) is 20.0 Å². The van der Waals surface area contributed by atoms with E-state index in [1.54, 1.807) is 23.6 Å². The Kier molecular flexibility index (Phi) is 9.83. The van der Waals surface area contributed by atoms with E-state index in [1.165, 1.54) is 17.3 Å². The highest BCUT2D eigenvalue weighted by Gasteiger charge is 2.29. The number of fused-ring (bicyclic) bond motifs is 1. The predicted octanol–water partition coefficient (Wildman–Crippen LogP) is 1.13. The molecule has 0 bridgehead atoms. The molecule has 1 atom stereocenters. The molecule has 1 aliphatic heterocycles. The molecule has 1 aromatic carbocycles. The molecule has 1 unspecified atom stereocenters. The second-order valence-electron chi connectivity index (χ2n) is 9.24. The number of piperazine rings is 1. The van der Waals surface area contributed by atoms with Gasteiger partial charge in [0.2, 0.25) is 10.0 Å². The fourth-order valence-corrected chi connectivity index (χ4v) is 5.51. The number of aromatic nitrogens is 4. The summed E-state index contributed by atoms with van der Waals surface area (Å²) in [7, 11) is -1.73. The molecular weight excluding hydrogens is 528 g/mol. The first-order valence-electron chi connectivity index (χ1n) is 12.8. The fraction of sp³-hybridized carbons (Fsp3) is 0.520. The van der Waals surface area contributed by atoms with Crippen LogP contribution in [0.3, 0.4) is 0 Å². The fourth-order valence-electron chi connectivity index (χ4n) is 4.06. The van der Waals surface area contributed by atoms with Gasteiger partial charge in [0.05, 0.1) is 22.8 Å². The van der Waals surface area contributed by atoms with Gasteiger partial charge in [0.25, 0.3) is 5.56 Å². The van der Waals surface area contributed by atoms with Crippen LogP contribution in [0.5, 0.6) is 5.75 Å². The maximum Gasteiger partial charge on any atom is 0.332 e. The SMILES string of the molecule is CC(O)C(=O)O.CCCc1nc(C)c2c(=O)[nH]c(-c3cc(S(=O)(=O)N4CCN(C)CC4)ccc3OCC)nn12. The molecule has 214 valence electrons. The van der Waals surface area contributed by atoms with Crippen LogP contribution in [0, 0.1) is 6.92 Å². The van der Waals surface area contributed by atoms with Gasteiger partial charge in [-0.3, -0.25) is 4.79 Å². The van der Waals surface area contributed by atoms with Crippen molar-refractivity contribution in [3.63, 3.8) is 0 Å². The van der Waals surface area contributed by atoms with E-state index >= 15 is 0 Å². The summed E-state index contributed by atoms with van der Waals surface area (Å²) in [5.74, 6) is 0.193. The zero-order valence-electron chi connectivity index (χ0n) is 22.8. The maximum atomic E-state index is 13.3. The molecule has 0 aliphatic carbocycles. The Bertz CT molecular complexity index is 1470. The molecule has 3 aromatic rings. The van der Waals surface area contributed by atoms with Crippen LogP contribution in [-0.2, 0) is 21.2 Å². The molecule has 14 heteroatoms. The number of aliphatic carboxylic acids is 1. The van der Waals surface area contributed by atoms with E-state index < -0.39 is 22.1 Å². The number of nitrogens with zero attached hydrogens (tertiary/aromatic N) is 5. The summed E-state index contributed by atoms with van der Waals surface area (Å²) < 4.78 is 35.5. The summed E-state index contributed by atoms with van der Waals surface area (Å²) in [6.45, 7) is 9.44. The topological polar surface area (TPSA) is 170 Å². The number of hydrogen-bond donors (Lipinski definition) is 3. The third kappa shape index (κ3) is 6.82. The Morgan fingerprint density at radius 3 is 2.41 bits per heavy atom. The van der Waals surface area contributed by atoms with Gasteiger partial charge < -0.3 is 24.8 Å². The smallest absolute Gasteiger partial charge is 0.332 e. The van der Waals surface area contributed by atoms with E-state index in [0.29, 0.717) is 67.6 Å². The zero-order valence-corrected chi connectivity index (χ0v) is 23.7. The molecule has 39 heavy (non-hydrogen) atoms. The third-order valence-electron chi connectivity index (χ3n) is 6.18. The van der Waals surface area contributed by atoms with Crippen LogP contribution in [-0.4, -0.2) is 99.3 Å². The van der Waals surface area contributed by atoms with Crippen molar-refractivity contribution in [2.75, 3.05) is 39.8 Å². The van der Waals surface area contributed by atoms with Crippen LogP contribution < -0.4 is 10.3 Å². The second kappa shape index (κ2) is 12.7. The number of carboxylic acids is 1. The van der Waals surface area contributed by atoms with Gasteiger partial charge in [-0.05, 0) is 52.4 Å². The number of carboxylic acid groups (broad SMARTS) is 1. The summed E-state index contributed by atoms with van der Waals surface area (Å²) in [6, 6.07) is 4.70. The van der Waals surface area contributed by atoms with E-state index in [0.717, 1.165) is 6.42 Å². The van der Waals surface area contributed by atoms with Gasteiger partial charge in [0.15, 0.2) is 11.3 Å². The Labute approximate surface area is 227 Å². The van der Waals surface area contributed by atoms with Crippen molar-refractivity contribution in [2.24, 2.45) is 0 Å². The van der Waals surface area contributed by atoms with Crippen LogP contribution in [0.2, 0.25) is 0 Å². The van der Waals surface area contributed by atoms with Gasteiger partial charge in [-0.25, -0.2) is 22.7 Å². The molecule has 3 N–H and O–H groups in total. The van der Waals surface area contributed by atoms with Crippen LogP contribution in [0.15, 0.2) is 27.9 Å². The molecule has 13 nitrogen and oxygen atoms in total. The van der Waals surface area contributed by atoms with Crippen molar-refractivity contribution >= 4 is 21.5 Å². The first-order chi connectivity index (χ1) is 18.4. The van der Waals surface area contributed by atoms with Crippen molar-refractivity contribution in [1.82, 2.24) is 28.8 Å². The Morgan fingerprint density at radius 2 is 1.85 bits per heavy atom. The number of carbonyl (C=O) groups is 1. The summed E-state index contributed by atoms with van der Waals surface area (Å²) in [4.78, 5) is 31.9. The Hall–Kier alpha value is -3.33. The third-order valence-corrected chi connectivity index (χ3v) is 8.07. The minimum Gasteiger partial charge on any atom is -0.493 e. The molecule has 1 fully saturated rings. The van der Waals surface area contributed by atoms with Crippen LogP contribution in [0.25, 0.3) is 16.9 Å². The number of benzene rings is 1. The van der Waals surface area contributed by atoms with Crippen molar-refractivity contribution in [3.8, 4) is 17.1 Å². The highest BCUT2D eigenvalue weighted by Crippen LogP contribution is 2.31. The standard InChI is InChI=1S/C22H30N6O4S.C3H6O3/c1-5-7-19-23-15(3)20-22(29)24-21(25-28(19)20)17-14-16(8-9-18(17)32-6-2)33(30,31)27-12-10-26(4)11-13-27;1-2(4)3(5)6/h8-9,14H,5-7,10-13H2,1-4H3,(H,24,25,29);2,4H,1H3,(H,5,6). The first kappa shape index (κ1) is 30.2. The molecule has 2 aromatic heterocycles. The molecule has 1 saturated heterocycles. The molecule has 3 heterocycles. The quantitative estimate of drug-likeness (QED) is 0.360. The number of likely N-dealkylation sites (N-methyl/N-ethyl adjacent to an activating group) is 1. The number of aliphatic hydroxyl groups excluding tert-OH is 1. The number of aryl methyl sites for hydroxylation is 2. The largest absolute Gasteiger partial charge is 0.493 e. The van der Waals surface area contributed by atoms with Crippen LogP contribution >= 0.6 is 0 Å². The highest BCUT2D eigenvalue weighted by atomic mass is 32.2. The maximum absolute atomic E-state index is 13.3. The van der Waals surface area contributed by atoms with Gasteiger partial charge in [-0.15, -0.1) is 5.10 Å². The number of aromatic amines is 1. The lowest BCUT2D eigenvalue weighted by Crippen LogP contribution is -2.47. The van der Waals surface area contributed by atoms with E-state index in [1.807, 2.05) is 20.9 Å². The Morgan fingerprint density at radius 1 is 1.21 bits per heavy atom. The number of nitrogens with one attached hydrogen (secondary N) is 1. The van der Waals surface area contributed by atoms with E-state index in [9.17, 15) is 18.0 Å². The predicted molar refractivity (Wildman–Crippen MR) is 145 cm³/mol. The van der Waals surface area contributed by atoms with Gasteiger partial charge in [-0.1, -0.05) is 6.92 Å². The zero-order chi connectivity index (χ0) is 28.9. The van der Waals surface area contributed by atoms with E-state index in [-0.39, 0.29) is 16.3 Å². The lowest BCUT2D eigenvalue weighted by molar-refractivity contribution is -0.145. The minimum absolute atomic E-state index is 0.142. The number of sulfonamides is 1. The molecule has 4 rings (SSSR count). The molecule has 0 amide bonds. The number of aliphatic hydroxyl groups is 1.